The van der Waals surface area contributed by atoms with E-state index in [1.165, 1.54) is 4.90 Å². The number of carbonyl (C=O) groups is 3. The number of nitrogens with one attached hydrogen (secondary N) is 2. The van der Waals surface area contributed by atoms with Crippen LogP contribution in [0, 0.1) is 0 Å². The van der Waals surface area contributed by atoms with Crippen molar-refractivity contribution in [3.8, 4) is 0 Å². The summed E-state index contributed by atoms with van der Waals surface area (Å²) in [6, 6.07) is 6.09. The summed E-state index contributed by atoms with van der Waals surface area (Å²) < 4.78 is 0. The van der Waals surface area contributed by atoms with Crippen LogP contribution in [0.3, 0.4) is 0 Å². The minimum absolute atomic E-state index is 0.175. The van der Waals surface area contributed by atoms with Crippen molar-refractivity contribution in [3.05, 3.63) is 29.3 Å². The Labute approximate surface area is 121 Å². The molecule has 1 aromatic carbocycles. The Morgan fingerprint density at radius 1 is 1.40 bits per heavy atom. The second-order valence-corrected chi connectivity index (χ2v) is 5.40. The topological polar surface area (TPSA) is 78.5 Å². The number of piperazine rings is 1. The number of amides is 4. The first kappa shape index (κ1) is 14.3. The number of halogens is 1. The molecule has 7 heteroatoms. The van der Waals surface area contributed by atoms with Crippen molar-refractivity contribution in [2.45, 2.75) is 19.4 Å². The molecule has 1 aliphatic rings. The molecule has 0 aliphatic carbocycles. The summed E-state index contributed by atoms with van der Waals surface area (Å²) in [5.74, 6) is -1.01. The van der Waals surface area contributed by atoms with E-state index < -0.39 is 23.4 Å². The molecule has 6 nitrogen and oxygen atoms in total. The zero-order valence-electron chi connectivity index (χ0n) is 11.1. The molecule has 1 aromatic rings. The van der Waals surface area contributed by atoms with Gasteiger partial charge in [-0.1, -0.05) is 17.7 Å². The maximum absolute atomic E-state index is 12.2. The van der Waals surface area contributed by atoms with Crippen LogP contribution >= 0.6 is 11.6 Å². The molecule has 0 saturated carbocycles. The van der Waals surface area contributed by atoms with E-state index in [0.717, 1.165) is 0 Å². The number of hydrogen-bond donors (Lipinski definition) is 2. The van der Waals surface area contributed by atoms with Crippen LogP contribution in [0.15, 0.2) is 24.3 Å². The monoisotopic (exact) mass is 295 g/mol. The van der Waals surface area contributed by atoms with Gasteiger partial charge in [0.2, 0.25) is 5.91 Å². The number of hydrogen-bond acceptors (Lipinski definition) is 3. The Morgan fingerprint density at radius 2 is 2.10 bits per heavy atom. The van der Waals surface area contributed by atoms with Crippen LogP contribution in [0.25, 0.3) is 0 Å². The molecule has 4 amide bonds. The SMILES string of the molecule is CC1(C)C(=O)NC(=O)CN1C(=O)Nc1cccc(Cl)c1. The maximum Gasteiger partial charge on any atom is 0.323 e. The third-order valence-electron chi connectivity index (χ3n) is 3.11. The zero-order chi connectivity index (χ0) is 14.9. The van der Waals surface area contributed by atoms with E-state index in [-0.39, 0.29) is 6.54 Å². The molecule has 106 valence electrons. The van der Waals surface area contributed by atoms with Gasteiger partial charge in [-0.3, -0.25) is 14.9 Å². The molecular formula is C13H14ClN3O3. The number of anilines is 1. The van der Waals surface area contributed by atoms with Gasteiger partial charge in [0.05, 0.1) is 0 Å². The van der Waals surface area contributed by atoms with E-state index in [4.69, 9.17) is 11.6 Å². The number of benzene rings is 1. The van der Waals surface area contributed by atoms with E-state index in [1.807, 2.05) is 0 Å². The predicted molar refractivity (Wildman–Crippen MR) is 74.4 cm³/mol. The van der Waals surface area contributed by atoms with Gasteiger partial charge in [-0.05, 0) is 32.0 Å². The Bertz CT molecular complexity index is 586. The fraction of sp³-hybridized carbons (Fsp3) is 0.308. The fourth-order valence-corrected chi connectivity index (χ4v) is 2.06. The summed E-state index contributed by atoms with van der Waals surface area (Å²) in [5, 5.41) is 5.31. The van der Waals surface area contributed by atoms with Crippen LogP contribution in [-0.4, -0.2) is 34.8 Å². The van der Waals surface area contributed by atoms with Crippen LogP contribution in [0.2, 0.25) is 5.02 Å². The van der Waals surface area contributed by atoms with Crippen molar-refractivity contribution in [2.24, 2.45) is 0 Å². The number of urea groups is 1. The van der Waals surface area contributed by atoms with Crippen LogP contribution < -0.4 is 10.6 Å². The summed E-state index contributed by atoms with van der Waals surface area (Å²) in [6.07, 6.45) is 0. The van der Waals surface area contributed by atoms with Crippen molar-refractivity contribution in [2.75, 3.05) is 11.9 Å². The molecule has 1 aliphatic heterocycles. The summed E-state index contributed by atoms with van der Waals surface area (Å²) in [4.78, 5) is 36.6. The van der Waals surface area contributed by atoms with E-state index in [1.54, 1.807) is 38.1 Å². The predicted octanol–water partition coefficient (Wildman–Crippen LogP) is 1.61. The second-order valence-electron chi connectivity index (χ2n) is 4.96. The van der Waals surface area contributed by atoms with Gasteiger partial charge in [0, 0.05) is 10.7 Å². The molecule has 0 spiro atoms. The average Bonchev–Trinajstić information content (AvgIpc) is 2.34. The molecule has 0 radical (unpaired) electrons. The second kappa shape index (κ2) is 5.13. The summed E-state index contributed by atoms with van der Waals surface area (Å²) >= 11 is 5.83. The lowest BCUT2D eigenvalue weighted by Crippen LogP contribution is -2.66. The quantitative estimate of drug-likeness (QED) is 0.773. The summed E-state index contributed by atoms with van der Waals surface area (Å²) in [7, 11) is 0. The molecule has 1 saturated heterocycles. The highest BCUT2D eigenvalue weighted by molar-refractivity contribution is 6.30. The summed E-state index contributed by atoms with van der Waals surface area (Å²) in [6.45, 7) is 2.98. The third kappa shape index (κ3) is 2.75. The zero-order valence-corrected chi connectivity index (χ0v) is 11.8. The lowest BCUT2D eigenvalue weighted by atomic mass is 9.99. The Morgan fingerprint density at radius 3 is 2.75 bits per heavy atom. The van der Waals surface area contributed by atoms with E-state index in [9.17, 15) is 14.4 Å². The smallest absolute Gasteiger partial charge is 0.308 e. The highest BCUT2D eigenvalue weighted by Gasteiger charge is 2.43. The van der Waals surface area contributed by atoms with Crippen molar-refractivity contribution in [1.29, 1.82) is 0 Å². The average molecular weight is 296 g/mol. The fourth-order valence-electron chi connectivity index (χ4n) is 1.87. The maximum atomic E-state index is 12.2. The first-order valence-corrected chi connectivity index (χ1v) is 6.37. The molecular weight excluding hydrogens is 282 g/mol. The lowest BCUT2D eigenvalue weighted by molar-refractivity contribution is -0.142. The first-order chi connectivity index (χ1) is 9.30. The molecule has 0 atom stereocenters. The van der Waals surface area contributed by atoms with E-state index in [0.29, 0.717) is 10.7 Å². The third-order valence-corrected chi connectivity index (χ3v) is 3.34. The van der Waals surface area contributed by atoms with Crippen molar-refractivity contribution < 1.29 is 14.4 Å². The van der Waals surface area contributed by atoms with Gasteiger partial charge in [-0.15, -0.1) is 0 Å². The van der Waals surface area contributed by atoms with Gasteiger partial charge in [-0.2, -0.15) is 0 Å². The highest BCUT2D eigenvalue weighted by atomic mass is 35.5. The Balaban J connectivity index is 2.19. The van der Waals surface area contributed by atoms with Gasteiger partial charge >= 0.3 is 6.03 Å². The number of rotatable bonds is 1. The van der Waals surface area contributed by atoms with Gasteiger partial charge in [0.15, 0.2) is 0 Å². The molecule has 1 heterocycles. The van der Waals surface area contributed by atoms with Gasteiger partial charge in [-0.25, -0.2) is 4.79 Å². The molecule has 2 rings (SSSR count). The standard InChI is InChI=1S/C13H14ClN3O3/c1-13(2)11(19)16-10(18)7-17(13)12(20)15-9-5-3-4-8(14)6-9/h3-6H,7H2,1-2H3,(H,15,20)(H,16,18,19). The van der Waals surface area contributed by atoms with Crippen LogP contribution in [0.1, 0.15) is 13.8 Å². The number of nitrogens with zero attached hydrogens (tertiary/aromatic N) is 1. The first-order valence-electron chi connectivity index (χ1n) is 5.99. The Kier molecular flexibility index (Phi) is 3.67. The number of imide groups is 1. The van der Waals surface area contributed by atoms with Crippen molar-refractivity contribution >= 4 is 35.1 Å². The molecule has 2 N–H and O–H groups in total. The Hall–Kier alpha value is -2.08. The van der Waals surface area contributed by atoms with Crippen molar-refractivity contribution in [3.63, 3.8) is 0 Å². The van der Waals surface area contributed by atoms with Gasteiger partial charge in [0.1, 0.15) is 12.1 Å². The summed E-state index contributed by atoms with van der Waals surface area (Å²) in [5.41, 5.74) is -0.604. The molecule has 0 unspecified atom stereocenters. The molecule has 1 fully saturated rings. The van der Waals surface area contributed by atoms with Gasteiger partial charge in [0.25, 0.3) is 5.91 Å². The van der Waals surface area contributed by atoms with Crippen LogP contribution in [0.5, 0.6) is 0 Å². The largest absolute Gasteiger partial charge is 0.323 e. The lowest BCUT2D eigenvalue weighted by Gasteiger charge is -2.39. The normalized spacial score (nSPS) is 17.6. The van der Waals surface area contributed by atoms with Crippen molar-refractivity contribution in [1.82, 2.24) is 10.2 Å². The minimum Gasteiger partial charge on any atom is -0.308 e. The molecule has 0 aromatic heterocycles. The number of carbonyl (C=O) groups excluding carboxylic acids is 3. The van der Waals surface area contributed by atoms with E-state index >= 15 is 0 Å². The molecule has 20 heavy (non-hydrogen) atoms. The molecule has 0 bridgehead atoms. The minimum atomic E-state index is -1.10. The van der Waals surface area contributed by atoms with Gasteiger partial charge < -0.3 is 10.2 Å². The van der Waals surface area contributed by atoms with E-state index in [2.05, 4.69) is 10.6 Å². The highest BCUT2D eigenvalue weighted by Crippen LogP contribution is 2.21. The van der Waals surface area contributed by atoms with Crippen LogP contribution in [-0.2, 0) is 9.59 Å². The van der Waals surface area contributed by atoms with Crippen LogP contribution in [0.4, 0.5) is 10.5 Å².